The number of aromatic hydroxyl groups is 1. The summed E-state index contributed by atoms with van der Waals surface area (Å²) in [5.74, 6) is -0.748. The van der Waals surface area contributed by atoms with Gasteiger partial charge in [0.25, 0.3) is 11.5 Å². The second kappa shape index (κ2) is 7.54. The predicted molar refractivity (Wildman–Crippen MR) is 108 cm³/mol. The molecule has 2 aliphatic rings. The Morgan fingerprint density at radius 2 is 2.04 bits per heavy atom. The fraction of sp³-hybridized carbons (Fsp3) is 0.571. The lowest BCUT2D eigenvalue weighted by Crippen LogP contribution is -2.49. The van der Waals surface area contributed by atoms with Crippen molar-refractivity contribution < 1.29 is 9.90 Å². The Bertz CT molecular complexity index is 941. The van der Waals surface area contributed by atoms with Crippen molar-refractivity contribution >= 4 is 16.9 Å². The summed E-state index contributed by atoms with van der Waals surface area (Å²) >= 11 is 0. The molecule has 1 amide bonds. The smallest absolute Gasteiger partial charge is 0.268 e. The summed E-state index contributed by atoms with van der Waals surface area (Å²) in [5.41, 5.74) is -0.208. The van der Waals surface area contributed by atoms with Gasteiger partial charge in [0.1, 0.15) is 17.0 Å². The number of hydrogen-bond donors (Lipinski definition) is 2. The number of nitrogens with one attached hydrogen (secondary N) is 1. The van der Waals surface area contributed by atoms with E-state index in [9.17, 15) is 14.7 Å². The summed E-state index contributed by atoms with van der Waals surface area (Å²) in [7, 11) is 2.15. The van der Waals surface area contributed by atoms with E-state index < -0.39 is 11.5 Å². The summed E-state index contributed by atoms with van der Waals surface area (Å²) in [4.78, 5) is 32.8. The van der Waals surface area contributed by atoms with Crippen molar-refractivity contribution in [2.75, 3.05) is 7.05 Å². The highest BCUT2D eigenvalue weighted by Crippen LogP contribution is 2.34. The van der Waals surface area contributed by atoms with Crippen LogP contribution in [-0.4, -0.2) is 50.6 Å². The quantitative estimate of drug-likeness (QED) is 0.826. The number of carbonyl (C=O) groups is 1. The van der Waals surface area contributed by atoms with Crippen LogP contribution in [0.25, 0.3) is 11.0 Å². The van der Waals surface area contributed by atoms with E-state index in [-0.39, 0.29) is 17.4 Å². The standard InChI is InChI=1S/C21H28N4O3/c1-3-4-10-25-19-16(6-5-9-22-19)18(26)17(21(25)28)20(27)23-13-11-14-7-8-15(12-13)24(14)2/h5-6,9,13-15,26H,3-4,7-8,10-12H2,1-2H3,(H,23,27)/t13?,14-,15+. The first-order valence-corrected chi connectivity index (χ1v) is 10.2. The normalized spacial score (nSPS) is 24.6. The molecular formula is C21H28N4O3. The number of aryl methyl sites for hydroxylation is 1. The maximum absolute atomic E-state index is 13.1. The largest absolute Gasteiger partial charge is 0.506 e. The second-order valence-corrected chi connectivity index (χ2v) is 8.10. The molecule has 0 saturated carbocycles. The van der Waals surface area contributed by atoms with Crippen molar-refractivity contribution in [2.45, 2.75) is 70.1 Å². The van der Waals surface area contributed by atoms with Crippen LogP contribution in [0.3, 0.4) is 0 Å². The van der Waals surface area contributed by atoms with Gasteiger partial charge in [-0.3, -0.25) is 14.2 Å². The van der Waals surface area contributed by atoms with Crippen LogP contribution >= 0.6 is 0 Å². The molecule has 7 heteroatoms. The van der Waals surface area contributed by atoms with E-state index in [4.69, 9.17) is 0 Å². The third-order valence-corrected chi connectivity index (χ3v) is 6.39. The molecular weight excluding hydrogens is 356 g/mol. The molecule has 4 rings (SSSR count). The zero-order valence-electron chi connectivity index (χ0n) is 16.5. The number of carbonyl (C=O) groups excluding carboxylic acids is 1. The average Bonchev–Trinajstić information content (AvgIpc) is 2.89. The van der Waals surface area contributed by atoms with Gasteiger partial charge in [-0.05, 0) is 51.3 Å². The third kappa shape index (κ3) is 3.17. The SMILES string of the molecule is CCCCn1c(=O)c(C(=O)NC2C[C@H]3CC[C@@H](C2)N3C)c(O)c2cccnc21. The van der Waals surface area contributed by atoms with Gasteiger partial charge in [0, 0.05) is 30.9 Å². The molecule has 3 atom stereocenters. The fourth-order valence-corrected chi connectivity index (χ4v) is 4.78. The molecule has 7 nitrogen and oxygen atoms in total. The van der Waals surface area contributed by atoms with E-state index in [1.54, 1.807) is 18.3 Å². The number of fused-ring (bicyclic) bond motifs is 3. The molecule has 2 N–H and O–H groups in total. The Balaban J connectivity index is 1.68. The summed E-state index contributed by atoms with van der Waals surface area (Å²) in [5, 5.41) is 14.2. The molecule has 2 fully saturated rings. The number of nitrogens with zero attached hydrogens (tertiary/aromatic N) is 3. The summed E-state index contributed by atoms with van der Waals surface area (Å²) in [6.07, 6.45) is 7.40. The van der Waals surface area contributed by atoms with Crippen LogP contribution in [0.4, 0.5) is 0 Å². The number of piperidine rings is 1. The van der Waals surface area contributed by atoms with E-state index >= 15 is 0 Å². The van der Waals surface area contributed by atoms with Crippen LogP contribution in [0.1, 0.15) is 55.8 Å². The minimum Gasteiger partial charge on any atom is -0.506 e. The van der Waals surface area contributed by atoms with Gasteiger partial charge in [-0.25, -0.2) is 4.98 Å². The van der Waals surface area contributed by atoms with Crippen LogP contribution < -0.4 is 10.9 Å². The lowest BCUT2D eigenvalue weighted by Gasteiger charge is -2.36. The predicted octanol–water partition coefficient (Wildman–Crippen LogP) is 2.26. The zero-order chi connectivity index (χ0) is 19.8. The zero-order valence-corrected chi connectivity index (χ0v) is 16.5. The highest BCUT2D eigenvalue weighted by atomic mass is 16.3. The van der Waals surface area contributed by atoms with Gasteiger partial charge in [0.2, 0.25) is 0 Å². The Morgan fingerprint density at radius 1 is 1.32 bits per heavy atom. The lowest BCUT2D eigenvalue weighted by atomic mass is 9.97. The van der Waals surface area contributed by atoms with Crippen molar-refractivity contribution in [3.8, 4) is 5.75 Å². The topological polar surface area (TPSA) is 87.5 Å². The minimum atomic E-state index is -0.479. The highest BCUT2D eigenvalue weighted by Gasteiger charge is 2.39. The Labute approximate surface area is 164 Å². The number of pyridine rings is 2. The molecule has 28 heavy (non-hydrogen) atoms. The molecule has 2 aromatic rings. The van der Waals surface area contributed by atoms with E-state index in [1.165, 1.54) is 4.57 Å². The Kier molecular flexibility index (Phi) is 5.10. The van der Waals surface area contributed by atoms with Crippen LogP contribution in [0.15, 0.2) is 23.1 Å². The first kappa shape index (κ1) is 18.9. The molecule has 150 valence electrons. The monoisotopic (exact) mass is 384 g/mol. The van der Waals surface area contributed by atoms with Crippen LogP contribution in [0.2, 0.25) is 0 Å². The van der Waals surface area contributed by atoms with Crippen LogP contribution in [-0.2, 0) is 6.54 Å². The molecule has 0 spiro atoms. The van der Waals surface area contributed by atoms with E-state index in [1.807, 2.05) is 6.92 Å². The fourth-order valence-electron chi connectivity index (χ4n) is 4.78. The molecule has 0 radical (unpaired) electrons. The Hall–Kier alpha value is -2.41. The molecule has 0 aliphatic carbocycles. The first-order chi connectivity index (χ1) is 13.5. The number of hydrogen-bond acceptors (Lipinski definition) is 5. The molecule has 1 unspecified atom stereocenters. The van der Waals surface area contributed by atoms with Gasteiger partial charge in [-0.15, -0.1) is 0 Å². The van der Waals surface area contributed by atoms with Crippen molar-refractivity contribution in [1.29, 1.82) is 0 Å². The molecule has 2 aromatic heterocycles. The minimum absolute atomic E-state index is 0.0358. The van der Waals surface area contributed by atoms with Gasteiger partial charge in [-0.2, -0.15) is 0 Å². The van der Waals surface area contributed by atoms with E-state index in [0.717, 1.165) is 38.5 Å². The number of unbranched alkanes of at least 4 members (excludes halogenated alkanes) is 1. The lowest BCUT2D eigenvalue weighted by molar-refractivity contribution is 0.0878. The van der Waals surface area contributed by atoms with Crippen molar-refractivity contribution in [3.63, 3.8) is 0 Å². The maximum Gasteiger partial charge on any atom is 0.268 e. The van der Waals surface area contributed by atoms with E-state index in [0.29, 0.717) is 29.7 Å². The molecule has 0 aromatic carbocycles. The second-order valence-electron chi connectivity index (χ2n) is 8.10. The summed E-state index contributed by atoms with van der Waals surface area (Å²) in [6, 6.07) is 4.41. The first-order valence-electron chi connectivity index (χ1n) is 10.2. The van der Waals surface area contributed by atoms with Gasteiger partial charge in [0.05, 0.1) is 5.39 Å². The van der Waals surface area contributed by atoms with Crippen LogP contribution in [0, 0.1) is 0 Å². The third-order valence-electron chi connectivity index (χ3n) is 6.39. The molecule has 2 saturated heterocycles. The van der Waals surface area contributed by atoms with Gasteiger partial charge >= 0.3 is 0 Å². The van der Waals surface area contributed by atoms with Gasteiger partial charge in [0.15, 0.2) is 0 Å². The van der Waals surface area contributed by atoms with Gasteiger partial charge in [-0.1, -0.05) is 13.3 Å². The van der Waals surface area contributed by atoms with Crippen molar-refractivity contribution in [2.24, 2.45) is 0 Å². The van der Waals surface area contributed by atoms with E-state index in [2.05, 4.69) is 22.2 Å². The summed E-state index contributed by atoms with van der Waals surface area (Å²) < 4.78 is 1.52. The van der Waals surface area contributed by atoms with Crippen molar-refractivity contribution in [3.05, 3.63) is 34.2 Å². The highest BCUT2D eigenvalue weighted by molar-refractivity contribution is 6.01. The maximum atomic E-state index is 13.1. The number of amides is 1. The Morgan fingerprint density at radius 3 is 2.71 bits per heavy atom. The number of rotatable bonds is 5. The number of aromatic nitrogens is 2. The van der Waals surface area contributed by atoms with Gasteiger partial charge < -0.3 is 15.3 Å². The molecule has 2 aliphatic heterocycles. The molecule has 4 heterocycles. The summed E-state index contributed by atoms with van der Waals surface area (Å²) in [6.45, 7) is 2.52. The van der Waals surface area contributed by atoms with Crippen LogP contribution in [0.5, 0.6) is 5.75 Å². The average molecular weight is 384 g/mol. The molecule has 2 bridgehead atoms. The van der Waals surface area contributed by atoms with Crippen molar-refractivity contribution in [1.82, 2.24) is 19.8 Å².